The zero-order chi connectivity index (χ0) is 17.5. The number of nitrogens with one attached hydrogen (secondary N) is 3. The van der Waals surface area contributed by atoms with E-state index < -0.39 is 15.6 Å². The molecule has 0 saturated carbocycles. The summed E-state index contributed by atoms with van der Waals surface area (Å²) in [4.78, 5) is 12.3. The summed E-state index contributed by atoms with van der Waals surface area (Å²) in [6, 6.07) is 9.29. The maximum Gasteiger partial charge on any atom is 0.252 e. The highest BCUT2D eigenvalue weighted by atomic mass is 32.2. The second-order valence-corrected chi connectivity index (χ2v) is 7.76. The van der Waals surface area contributed by atoms with Gasteiger partial charge in [0.15, 0.2) is 0 Å². The van der Waals surface area contributed by atoms with Gasteiger partial charge in [-0.3, -0.25) is 4.79 Å². The minimum atomic E-state index is -3.45. The van der Waals surface area contributed by atoms with E-state index in [1.807, 2.05) is 30.3 Å². The fraction of sp³-hybridized carbons (Fsp3) is 0.562. The highest BCUT2D eigenvalue weighted by Gasteiger charge is 2.39. The maximum absolute atomic E-state index is 12.3. The van der Waals surface area contributed by atoms with Gasteiger partial charge in [0.1, 0.15) is 5.60 Å². The second-order valence-electron chi connectivity index (χ2n) is 5.83. The van der Waals surface area contributed by atoms with Crippen LogP contribution in [0.3, 0.4) is 0 Å². The van der Waals surface area contributed by atoms with Crippen molar-refractivity contribution in [2.24, 2.45) is 0 Å². The molecule has 1 aliphatic rings. The third-order valence-electron chi connectivity index (χ3n) is 4.21. The van der Waals surface area contributed by atoms with E-state index in [0.717, 1.165) is 5.56 Å². The monoisotopic (exact) mass is 355 g/mol. The Kier molecular flexibility index (Phi) is 6.73. The number of hydrogen-bond acceptors (Lipinski definition) is 5. The predicted octanol–water partition coefficient (Wildman–Crippen LogP) is -0.00920. The predicted molar refractivity (Wildman–Crippen MR) is 91.9 cm³/mol. The van der Waals surface area contributed by atoms with E-state index in [9.17, 15) is 13.2 Å². The van der Waals surface area contributed by atoms with E-state index in [1.54, 1.807) is 0 Å². The number of carbonyl (C=O) groups is 1. The van der Waals surface area contributed by atoms with Gasteiger partial charge in [-0.05, 0) is 31.5 Å². The van der Waals surface area contributed by atoms with Crippen LogP contribution in [0.2, 0.25) is 0 Å². The van der Waals surface area contributed by atoms with Gasteiger partial charge in [0, 0.05) is 20.2 Å². The minimum Gasteiger partial charge on any atom is -0.368 e. The van der Waals surface area contributed by atoms with Crippen molar-refractivity contribution in [1.29, 1.82) is 0 Å². The summed E-state index contributed by atoms with van der Waals surface area (Å²) in [5.74, 6) is -0.409. The third-order valence-corrected chi connectivity index (χ3v) is 5.54. The zero-order valence-electron chi connectivity index (χ0n) is 13.9. The number of piperidine rings is 1. The molecule has 3 N–H and O–H groups in total. The maximum atomic E-state index is 12.3. The summed E-state index contributed by atoms with van der Waals surface area (Å²) in [6.45, 7) is 1.71. The lowest BCUT2D eigenvalue weighted by atomic mass is 9.91. The van der Waals surface area contributed by atoms with Gasteiger partial charge in [-0.25, -0.2) is 13.1 Å². The number of carbonyl (C=O) groups excluding carboxylic acids is 1. The fourth-order valence-corrected chi connectivity index (χ4v) is 3.58. The smallest absolute Gasteiger partial charge is 0.252 e. The van der Waals surface area contributed by atoms with Gasteiger partial charge in [0.2, 0.25) is 10.0 Å². The van der Waals surface area contributed by atoms with Crippen LogP contribution in [-0.2, 0) is 26.1 Å². The summed E-state index contributed by atoms with van der Waals surface area (Å²) in [5, 5.41) is 5.86. The molecule has 0 unspecified atom stereocenters. The second kappa shape index (κ2) is 8.57. The van der Waals surface area contributed by atoms with Crippen molar-refractivity contribution in [3.8, 4) is 0 Å². The summed E-state index contributed by atoms with van der Waals surface area (Å²) >= 11 is 0. The van der Waals surface area contributed by atoms with Crippen LogP contribution in [0, 0.1) is 0 Å². The fourth-order valence-electron chi connectivity index (χ4n) is 2.68. The molecule has 1 aromatic carbocycles. The molecular formula is C16H25N3O4S. The number of sulfonamides is 1. The van der Waals surface area contributed by atoms with Crippen molar-refractivity contribution in [3.63, 3.8) is 0 Å². The minimum absolute atomic E-state index is 0.0570. The molecule has 0 aromatic heterocycles. The molecule has 1 fully saturated rings. The number of rotatable bonds is 8. The van der Waals surface area contributed by atoms with Crippen molar-refractivity contribution in [2.75, 3.05) is 32.5 Å². The lowest BCUT2D eigenvalue weighted by molar-refractivity contribution is -0.146. The Hall–Kier alpha value is -1.48. The molecule has 0 aliphatic carbocycles. The molecule has 1 saturated heterocycles. The molecule has 0 atom stereocenters. The lowest BCUT2D eigenvalue weighted by Crippen LogP contribution is -2.54. The Labute approximate surface area is 143 Å². The van der Waals surface area contributed by atoms with Gasteiger partial charge in [-0.15, -0.1) is 0 Å². The Morgan fingerprint density at radius 2 is 1.92 bits per heavy atom. The van der Waals surface area contributed by atoms with E-state index in [4.69, 9.17) is 4.74 Å². The molecule has 7 nitrogen and oxygen atoms in total. The van der Waals surface area contributed by atoms with Crippen LogP contribution in [0.1, 0.15) is 18.4 Å². The van der Waals surface area contributed by atoms with Crippen LogP contribution in [-0.4, -0.2) is 52.4 Å². The first-order valence-corrected chi connectivity index (χ1v) is 9.68. The molecule has 1 heterocycles. The van der Waals surface area contributed by atoms with E-state index >= 15 is 0 Å². The number of hydrogen-bond donors (Lipinski definition) is 3. The summed E-state index contributed by atoms with van der Waals surface area (Å²) < 4.78 is 32.0. The lowest BCUT2D eigenvalue weighted by Gasteiger charge is -2.34. The molecule has 1 amide bonds. The molecular weight excluding hydrogens is 330 g/mol. The van der Waals surface area contributed by atoms with E-state index in [2.05, 4.69) is 15.4 Å². The molecule has 2 rings (SSSR count). The van der Waals surface area contributed by atoms with Gasteiger partial charge in [-0.2, -0.15) is 0 Å². The third kappa shape index (κ3) is 5.27. The Morgan fingerprint density at radius 1 is 1.25 bits per heavy atom. The highest BCUT2D eigenvalue weighted by molar-refractivity contribution is 7.89. The molecule has 0 spiro atoms. The summed E-state index contributed by atoms with van der Waals surface area (Å²) in [5.41, 5.74) is 0.0325. The van der Waals surface area contributed by atoms with Crippen LogP contribution in [0.25, 0.3) is 0 Å². The SMILES string of the molecule is COC1(C(=O)NCCS(=O)(=O)NCc2ccccc2)CCNCC1. The topological polar surface area (TPSA) is 96.5 Å². The molecule has 0 bridgehead atoms. The average molecular weight is 355 g/mol. The average Bonchev–Trinajstić information content (AvgIpc) is 2.61. The first-order valence-electron chi connectivity index (χ1n) is 8.03. The van der Waals surface area contributed by atoms with Crippen molar-refractivity contribution in [2.45, 2.75) is 25.0 Å². The van der Waals surface area contributed by atoms with Gasteiger partial charge in [0.25, 0.3) is 5.91 Å². The first-order chi connectivity index (χ1) is 11.5. The van der Waals surface area contributed by atoms with Gasteiger partial charge in [-0.1, -0.05) is 30.3 Å². The van der Waals surface area contributed by atoms with Gasteiger partial charge in [0.05, 0.1) is 5.75 Å². The van der Waals surface area contributed by atoms with Crippen molar-refractivity contribution in [1.82, 2.24) is 15.4 Å². The van der Waals surface area contributed by atoms with Crippen LogP contribution < -0.4 is 15.4 Å². The van der Waals surface area contributed by atoms with E-state index in [0.29, 0.717) is 25.9 Å². The highest BCUT2D eigenvalue weighted by Crippen LogP contribution is 2.22. The van der Waals surface area contributed by atoms with E-state index in [1.165, 1.54) is 7.11 Å². The number of benzene rings is 1. The number of methoxy groups -OCH3 is 1. The van der Waals surface area contributed by atoms with Crippen LogP contribution in [0.4, 0.5) is 0 Å². The molecule has 8 heteroatoms. The Bertz CT molecular complexity index is 628. The van der Waals surface area contributed by atoms with Crippen LogP contribution in [0.15, 0.2) is 30.3 Å². The first kappa shape index (κ1) is 18.9. The van der Waals surface area contributed by atoms with Gasteiger partial charge >= 0.3 is 0 Å². The van der Waals surface area contributed by atoms with Crippen LogP contribution in [0.5, 0.6) is 0 Å². The number of amides is 1. The molecule has 0 radical (unpaired) electrons. The Morgan fingerprint density at radius 3 is 2.54 bits per heavy atom. The quantitative estimate of drug-likeness (QED) is 0.610. The van der Waals surface area contributed by atoms with Crippen molar-refractivity contribution >= 4 is 15.9 Å². The molecule has 24 heavy (non-hydrogen) atoms. The Balaban J connectivity index is 1.78. The van der Waals surface area contributed by atoms with Crippen molar-refractivity contribution < 1.29 is 17.9 Å². The van der Waals surface area contributed by atoms with E-state index in [-0.39, 0.29) is 24.7 Å². The standard InChI is InChI=1S/C16H25N3O4S/c1-23-16(7-9-17-10-8-16)15(20)18-11-12-24(21,22)19-13-14-5-3-2-4-6-14/h2-6,17,19H,7-13H2,1H3,(H,18,20). The van der Waals surface area contributed by atoms with Gasteiger partial charge < -0.3 is 15.4 Å². The summed E-state index contributed by atoms with van der Waals surface area (Å²) in [6.07, 6.45) is 1.16. The molecule has 134 valence electrons. The van der Waals surface area contributed by atoms with Crippen molar-refractivity contribution in [3.05, 3.63) is 35.9 Å². The molecule has 1 aliphatic heterocycles. The van der Waals surface area contributed by atoms with Crippen LogP contribution >= 0.6 is 0 Å². The number of ether oxygens (including phenoxy) is 1. The normalized spacial score (nSPS) is 17.4. The summed E-state index contributed by atoms with van der Waals surface area (Å²) in [7, 11) is -1.93. The molecule has 1 aromatic rings. The zero-order valence-corrected chi connectivity index (χ0v) is 14.7. The largest absolute Gasteiger partial charge is 0.368 e.